The molecule has 0 radical (unpaired) electrons. The maximum atomic E-state index is 12.6. The van der Waals surface area contributed by atoms with E-state index in [1.54, 1.807) is 29.7 Å². The predicted molar refractivity (Wildman–Crippen MR) is 87.9 cm³/mol. The van der Waals surface area contributed by atoms with Gasteiger partial charge in [-0.15, -0.1) is 0 Å². The van der Waals surface area contributed by atoms with Crippen molar-refractivity contribution in [1.82, 2.24) is 14.7 Å². The van der Waals surface area contributed by atoms with Crippen LogP contribution in [0.25, 0.3) is 5.65 Å². The lowest BCUT2D eigenvalue weighted by Gasteiger charge is -2.07. The molecular weight excluding hydrogens is 326 g/mol. The number of nitrogens with one attached hydrogen (secondary N) is 1. The number of fused-ring (bicyclic) bond motifs is 1. The minimum atomic E-state index is -1.15. The van der Waals surface area contributed by atoms with Gasteiger partial charge in [0.15, 0.2) is 11.4 Å². The molecule has 0 saturated carbocycles. The first-order chi connectivity index (χ1) is 12.0. The number of aromatic nitrogens is 2. The van der Waals surface area contributed by atoms with Crippen molar-refractivity contribution in [3.05, 3.63) is 53.4 Å². The summed E-state index contributed by atoms with van der Waals surface area (Å²) in [5.41, 5.74) is 1.52. The maximum Gasteiger partial charge on any atom is 0.371 e. The SMILES string of the molecule is CCOc1cccn2c(C(=O)NCc3ccc(C(=O)O)o3)c(C)nc12. The fourth-order valence-corrected chi connectivity index (χ4v) is 2.54. The minimum Gasteiger partial charge on any atom is -0.490 e. The molecule has 3 rings (SSSR count). The van der Waals surface area contributed by atoms with Crippen LogP contribution < -0.4 is 10.1 Å². The number of carbonyl (C=O) groups is 2. The summed E-state index contributed by atoms with van der Waals surface area (Å²) in [4.78, 5) is 27.8. The Bertz CT molecular complexity index is 941. The van der Waals surface area contributed by atoms with Gasteiger partial charge in [0.25, 0.3) is 5.91 Å². The Morgan fingerprint density at radius 2 is 2.16 bits per heavy atom. The number of hydrogen-bond acceptors (Lipinski definition) is 5. The van der Waals surface area contributed by atoms with Gasteiger partial charge in [-0.2, -0.15) is 0 Å². The van der Waals surface area contributed by atoms with Gasteiger partial charge in [0, 0.05) is 6.20 Å². The second-order valence-corrected chi connectivity index (χ2v) is 5.30. The predicted octanol–water partition coefficient (Wildman–Crippen LogP) is 2.26. The van der Waals surface area contributed by atoms with Crippen LogP contribution in [0.3, 0.4) is 0 Å². The van der Waals surface area contributed by atoms with Gasteiger partial charge in [0.05, 0.1) is 18.8 Å². The molecule has 130 valence electrons. The van der Waals surface area contributed by atoms with Crippen molar-refractivity contribution in [1.29, 1.82) is 0 Å². The van der Waals surface area contributed by atoms with Gasteiger partial charge in [-0.1, -0.05) is 0 Å². The van der Waals surface area contributed by atoms with E-state index in [-0.39, 0.29) is 18.2 Å². The van der Waals surface area contributed by atoms with Crippen molar-refractivity contribution < 1.29 is 23.8 Å². The Balaban J connectivity index is 1.83. The lowest BCUT2D eigenvalue weighted by molar-refractivity contribution is 0.0660. The summed E-state index contributed by atoms with van der Waals surface area (Å²) in [6.45, 7) is 4.19. The van der Waals surface area contributed by atoms with Crippen LogP contribution in [-0.4, -0.2) is 33.0 Å². The molecule has 3 aromatic rings. The van der Waals surface area contributed by atoms with E-state index in [0.29, 0.717) is 35.2 Å². The van der Waals surface area contributed by atoms with E-state index in [0.717, 1.165) is 0 Å². The van der Waals surface area contributed by atoms with Crippen LogP contribution in [0.5, 0.6) is 5.75 Å². The molecule has 3 aromatic heterocycles. The molecule has 0 unspecified atom stereocenters. The van der Waals surface area contributed by atoms with E-state index in [4.69, 9.17) is 14.3 Å². The summed E-state index contributed by atoms with van der Waals surface area (Å²) in [7, 11) is 0. The summed E-state index contributed by atoms with van der Waals surface area (Å²) in [5.74, 6) is -0.710. The molecule has 0 fully saturated rings. The topological polar surface area (TPSA) is 106 Å². The Labute approximate surface area is 143 Å². The van der Waals surface area contributed by atoms with E-state index < -0.39 is 5.97 Å². The van der Waals surface area contributed by atoms with Crippen molar-refractivity contribution in [2.45, 2.75) is 20.4 Å². The first kappa shape index (κ1) is 16.6. The number of furan rings is 1. The number of imidazole rings is 1. The third kappa shape index (κ3) is 3.18. The normalized spacial score (nSPS) is 10.8. The number of aryl methyl sites for hydroxylation is 1. The molecule has 8 nitrogen and oxygen atoms in total. The zero-order valence-corrected chi connectivity index (χ0v) is 13.8. The van der Waals surface area contributed by atoms with Gasteiger partial charge in [0.2, 0.25) is 5.76 Å². The number of hydrogen-bond donors (Lipinski definition) is 2. The van der Waals surface area contributed by atoms with E-state index in [2.05, 4.69) is 10.3 Å². The van der Waals surface area contributed by atoms with Gasteiger partial charge in [-0.25, -0.2) is 9.78 Å². The van der Waals surface area contributed by atoms with Crippen molar-refractivity contribution in [2.75, 3.05) is 6.61 Å². The highest BCUT2D eigenvalue weighted by Gasteiger charge is 2.19. The van der Waals surface area contributed by atoms with Crippen molar-refractivity contribution in [2.24, 2.45) is 0 Å². The molecule has 0 bridgehead atoms. The maximum absolute atomic E-state index is 12.6. The Kier molecular flexibility index (Phi) is 4.42. The fourth-order valence-electron chi connectivity index (χ4n) is 2.54. The Morgan fingerprint density at radius 3 is 2.84 bits per heavy atom. The van der Waals surface area contributed by atoms with Gasteiger partial charge >= 0.3 is 5.97 Å². The molecule has 0 aliphatic rings. The van der Waals surface area contributed by atoms with Crippen molar-refractivity contribution >= 4 is 17.5 Å². The van der Waals surface area contributed by atoms with E-state index in [1.165, 1.54) is 12.1 Å². The highest BCUT2D eigenvalue weighted by molar-refractivity contribution is 5.95. The van der Waals surface area contributed by atoms with Gasteiger partial charge in [0.1, 0.15) is 11.5 Å². The summed E-state index contributed by atoms with van der Waals surface area (Å²) < 4.78 is 12.3. The Hall–Kier alpha value is -3.29. The number of aromatic carboxylic acids is 1. The molecule has 2 N–H and O–H groups in total. The molecule has 0 aliphatic heterocycles. The van der Waals surface area contributed by atoms with E-state index >= 15 is 0 Å². The lowest BCUT2D eigenvalue weighted by Crippen LogP contribution is -2.24. The number of carboxylic acid groups (broad SMARTS) is 1. The zero-order valence-electron chi connectivity index (χ0n) is 13.8. The summed E-state index contributed by atoms with van der Waals surface area (Å²) >= 11 is 0. The van der Waals surface area contributed by atoms with Gasteiger partial charge < -0.3 is 19.6 Å². The summed E-state index contributed by atoms with van der Waals surface area (Å²) in [6, 6.07) is 6.43. The molecule has 0 aromatic carbocycles. The van der Waals surface area contributed by atoms with Crippen LogP contribution in [0.1, 0.15) is 39.4 Å². The molecule has 3 heterocycles. The molecule has 1 amide bonds. The number of pyridine rings is 1. The summed E-state index contributed by atoms with van der Waals surface area (Å²) in [5, 5.41) is 11.6. The van der Waals surface area contributed by atoms with Crippen LogP contribution in [0.15, 0.2) is 34.9 Å². The van der Waals surface area contributed by atoms with E-state index in [9.17, 15) is 9.59 Å². The molecule has 25 heavy (non-hydrogen) atoms. The molecule has 0 saturated heterocycles. The number of amides is 1. The Morgan fingerprint density at radius 1 is 1.36 bits per heavy atom. The highest BCUT2D eigenvalue weighted by atomic mass is 16.5. The number of carbonyl (C=O) groups excluding carboxylic acids is 1. The molecule has 8 heteroatoms. The third-order valence-corrected chi connectivity index (χ3v) is 3.60. The number of carboxylic acids is 1. The first-order valence-corrected chi connectivity index (χ1v) is 7.72. The second kappa shape index (κ2) is 6.68. The lowest BCUT2D eigenvalue weighted by atomic mass is 10.3. The van der Waals surface area contributed by atoms with Crippen molar-refractivity contribution in [3.63, 3.8) is 0 Å². The standard InChI is InChI=1S/C17H17N3O5/c1-3-24-12-5-4-8-20-14(10(2)19-15(12)20)16(21)18-9-11-6-7-13(25-11)17(22)23/h4-8H,3,9H2,1-2H3,(H,18,21)(H,22,23). The third-order valence-electron chi connectivity index (χ3n) is 3.60. The average molecular weight is 343 g/mol. The van der Waals surface area contributed by atoms with Crippen LogP contribution in [-0.2, 0) is 6.54 Å². The number of nitrogens with zero attached hydrogens (tertiary/aromatic N) is 2. The zero-order chi connectivity index (χ0) is 18.0. The van der Waals surface area contributed by atoms with Gasteiger partial charge in [-0.05, 0) is 38.1 Å². The largest absolute Gasteiger partial charge is 0.490 e. The van der Waals surface area contributed by atoms with Crippen molar-refractivity contribution in [3.8, 4) is 5.75 Å². The highest BCUT2D eigenvalue weighted by Crippen LogP contribution is 2.22. The van der Waals surface area contributed by atoms with Gasteiger partial charge in [-0.3, -0.25) is 9.20 Å². The molecule has 0 aliphatic carbocycles. The average Bonchev–Trinajstić information content (AvgIpc) is 3.17. The summed E-state index contributed by atoms with van der Waals surface area (Å²) in [6.07, 6.45) is 1.74. The number of rotatable bonds is 6. The monoisotopic (exact) mass is 343 g/mol. The van der Waals surface area contributed by atoms with E-state index in [1.807, 2.05) is 6.92 Å². The smallest absolute Gasteiger partial charge is 0.371 e. The van der Waals surface area contributed by atoms with Crippen LogP contribution in [0.4, 0.5) is 0 Å². The molecular formula is C17H17N3O5. The molecule has 0 spiro atoms. The quantitative estimate of drug-likeness (QED) is 0.711. The van der Waals surface area contributed by atoms with Crippen LogP contribution in [0.2, 0.25) is 0 Å². The van der Waals surface area contributed by atoms with Crippen LogP contribution >= 0.6 is 0 Å². The fraction of sp³-hybridized carbons (Fsp3) is 0.235. The number of ether oxygens (including phenoxy) is 1. The van der Waals surface area contributed by atoms with Crippen LogP contribution in [0, 0.1) is 6.92 Å². The second-order valence-electron chi connectivity index (χ2n) is 5.30. The minimum absolute atomic E-state index is 0.0734. The molecule has 0 atom stereocenters. The first-order valence-electron chi connectivity index (χ1n) is 7.72.